The zero-order valence-electron chi connectivity index (χ0n) is 10.6. The van der Waals surface area contributed by atoms with Crippen LogP contribution in [0.1, 0.15) is 37.4 Å². The van der Waals surface area contributed by atoms with Crippen LogP contribution >= 0.6 is 11.3 Å². The van der Waals surface area contributed by atoms with Gasteiger partial charge in [0.2, 0.25) is 0 Å². The molecule has 1 atom stereocenters. The van der Waals surface area contributed by atoms with Gasteiger partial charge in [0.25, 0.3) is 0 Å². The molecule has 2 rings (SSSR count). The maximum Gasteiger partial charge on any atom is 0.0954 e. The van der Waals surface area contributed by atoms with Gasteiger partial charge in [-0.2, -0.15) is 0 Å². The third kappa shape index (κ3) is 2.96. The summed E-state index contributed by atoms with van der Waals surface area (Å²) in [5.74, 6) is 0. The highest BCUT2D eigenvalue weighted by atomic mass is 32.1. The maximum absolute atomic E-state index is 4.26. The average Bonchev–Trinajstić information content (AvgIpc) is 2.96. The van der Waals surface area contributed by atoms with E-state index in [1.807, 2.05) is 12.5 Å². The van der Waals surface area contributed by atoms with Crippen molar-refractivity contribution in [2.45, 2.75) is 39.4 Å². The van der Waals surface area contributed by atoms with Crippen molar-refractivity contribution >= 4 is 11.3 Å². The molecule has 17 heavy (non-hydrogen) atoms. The quantitative estimate of drug-likeness (QED) is 0.882. The smallest absolute Gasteiger partial charge is 0.0954 e. The summed E-state index contributed by atoms with van der Waals surface area (Å²) in [7, 11) is 0. The summed E-state index contributed by atoms with van der Waals surface area (Å²) < 4.78 is 2.24. The summed E-state index contributed by atoms with van der Waals surface area (Å²) in [6.45, 7) is 7.40. The number of nitrogens with one attached hydrogen (secondary N) is 1. The standard InChI is InChI=1S/C13H19N3S/c1-10(2)15-8-12-7-14-9-16(12)11(3)13-5-4-6-17-13/h4-7,9-11,15H,8H2,1-3H3. The first kappa shape index (κ1) is 12.3. The molecule has 0 radical (unpaired) electrons. The first-order valence-electron chi connectivity index (χ1n) is 5.96. The van der Waals surface area contributed by atoms with Crippen molar-refractivity contribution in [3.05, 3.63) is 40.6 Å². The fourth-order valence-corrected chi connectivity index (χ4v) is 2.57. The zero-order valence-corrected chi connectivity index (χ0v) is 11.4. The monoisotopic (exact) mass is 249 g/mol. The normalized spacial score (nSPS) is 13.2. The van der Waals surface area contributed by atoms with Gasteiger partial charge in [-0.1, -0.05) is 19.9 Å². The van der Waals surface area contributed by atoms with Gasteiger partial charge in [0.05, 0.1) is 18.1 Å². The van der Waals surface area contributed by atoms with E-state index in [-0.39, 0.29) is 0 Å². The predicted molar refractivity (Wildman–Crippen MR) is 72.3 cm³/mol. The van der Waals surface area contributed by atoms with Crippen LogP contribution in [0.5, 0.6) is 0 Å². The number of nitrogens with zero attached hydrogens (tertiary/aromatic N) is 2. The number of thiophene rings is 1. The lowest BCUT2D eigenvalue weighted by molar-refractivity contribution is 0.542. The van der Waals surface area contributed by atoms with Gasteiger partial charge in [-0.15, -0.1) is 11.3 Å². The molecule has 0 aliphatic rings. The Morgan fingerprint density at radius 1 is 1.41 bits per heavy atom. The van der Waals surface area contributed by atoms with Crippen LogP contribution in [0.3, 0.4) is 0 Å². The summed E-state index contributed by atoms with van der Waals surface area (Å²) in [5, 5.41) is 5.55. The zero-order chi connectivity index (χ0) is 12.3. The Bertz CT molecular complexity index is 445. The van der Waals surface area contributed by atoms with Crippen molar-refractivity contribution in [1.29, 1.82) is 0 Å². The molecule has 0 spiro atoms. The number of hydrogen-bond acceptors (Lipinski definition) is 3. The van der Waals surface area contributed by atoms with Gasteiger partial charge in [-0.3, -0.25) is 0 Å². The van der Waals surface area contributed by atoms with E-state index in [0.717, 1.165) is 6.54 Å². The molecule has 2 aromatic heterocycles. The van der Waals surface area contributed by atoms with Crippen LogP contribution in [-0.4, -0.2) is 15.6 Å². The Morgan fingerprint density at radius 3 is 2.88 bits per heavy atom. The van der Waals surface area contributed by atoms with Gasteiger partial charge in [0.1, 0.15) is 0 Å². The molecule has 2 aromatic rings. The van der Waals surface area contributed by atoms with Crippen LogP contribution in [0.15, 0.2) is 30.0 Å². The summed E-state index contributed by atoms with van der Waals surface area (Å²) in [5.41, 5.74) is 1.24. The van der Waals surface area contributed by atoms with E-state index in [1.165, 1.54) is 10.6 Å². The largest absolute Gasteiger partial charge is 0.325 e. The topological polar surface area (TPSA) is 29.9 Å². The van der Waals surface area contributed by atoms with Crippen LogP contribution in [-0.2, 0) is 6.54 Å². The van der Waals surface area contributed by atoms with Gasteiger partial charge in [0.15, 0.2) is 0 Å². The fraction of sp³-hybridized carbons (Fsp3) is 0.462. The molecule has 0 amide bonds. The van der Waals surface area contributed by atoms with Crippen LogP contribution < -0.4 is 5.32 Å². The Morgan fingerprint density at radius 2 is 2.24 bits per heavy atom. The third-order valence-corrected chi connectivity index (χ3v) is 3.85. The van der Waals surface area contributed by atoms with E-state index < -0.39 is 0 Å². The number of aromatic nitrogens is 2. The van der Waals surface area contributed by atoms with Crippen LogP contribution in [0, 0.1) is 0 Å². The molecule has 3 nitrogen and oxygen atoms in total. The van der Waals surface area contributed by atoms with E-state index in [9.17, 15) is 0 Å². The van der Waals surface area contributed by atoms with Gasteiger partial charge >= 0.3 is 0 Å². The highest BCUT2D eigenvalue weighted by Crippen LogP contribution is 2.23. The second kappa shape index (κ2) is 5.47. The molecule has 0 aromatic carbocycles. The van der Waals surface area contributed by atoms with Crippen molar-refractivity contribution < 1.29 is 0 Å². The van der Waals surface area contributed by atoms with Crippen molar-refractivity contribution in [3.8, 4) is 0 Å². The molecule has 0 aliphatic heterocycles. The Kier molecular flexibility index (Phi) is 3.97. The van der Waals surface area contributed by atoms with Crippen molar-refractivity contribution in [1.82, 2.24) is 14.9 Å². The molecule has 0 fully saturated rings. The van der Waals surface area contributed by atoms with E-state index in [0.29, 0.717) is 12.1 Å². The van der Waals surface area contributed by atoms with Gasteiger partial charge in [-0.25, -0.2) is 4.98 Å². The summed E-state index contributed by atoms with van der Waals surface area (Å²) in [6.07, 6.45) is 3.86. The van der Waals surface area contributed by atoms with Crippen molar-refractivity contribution in [2.24, 2.45) is 0 Å². The van der Waals surface area contributed by atoms with E-state index in [4.69, 9.17) is 0 Å². The fourth-order valence-electron chi connectivity index (χ4n) is 1.79. The Labute approximate surface area is 107 Å². The molecular weight excluding hydrogens is 230 g/mol. The molecule has 92 valence electrons. The van der Waals surface area contributed by atoms with E-state index >= 15 is 0 Å². The molecule has 0 aliphatic carbocycles. The number of hydrogen-bond donors (Lipinski definition) is 1. The van der Waals surface area contributed by atoms with Gasteiger partial charge in [0, 0.05) is 23.7 Å². The molecule has 2 heterocycles. The first-order valence-corrected chi connectivity index (χ1v) is 6.84. The minimum Gasteiger partial charge on any atom is -0.325 e. The van der Waals surface area contributed by atoms with Gasteiger partial charge < -0.3 is 9.88 Å². The molecule has 0 saturated heterocycles. The number of rotatable bonds is 5. The third-order valence-electron chi connectivity index (χ3n) is 2.81. The second-order valence-corrected chi connectivity index (χ2v) is 5.50. The first-order chi connectivity index (χ1) is 8.18. The summed E-state index contributed by atoms with van der Waals surface area (Å²) in [4.78, 5) is 5.63. The van der Waals surface area contributed by atoms with Crippen LogP contribution in [0.2, 0.25) is 0 Å². The lowest BCUT2D eigenvalue weighted by Crippen LogP contribution is -2.24. The summed E-state index contributed by atoms with van der Waals surface area (Å²) in [6, 6.07) is 5.13. The Hall–Kier alpha value is -1.13. The molecule has 1 unspecified atom stereocenters. The lowest BCUT2D eigenvalue weighted by atomic mass is 10.2. The van der Waals surface area contributed by atoms with Crippen LogP contribution in [0.4, 0.5) is 0 Å². The SMILES string of the molecule is CC(C)NCc1cncn1C(C)c1cccs1. The second-order valence-electron chi connectivity index (χ2n) is 4.52. The minimum absolute atomic E-state index is 0.362. The van der Waals surface area contributed by atoms with Crippen LogP contribution in [0.25, 0.3) is 0 Å². The molecule has 0 saturated carbocycles. The average molecular weight is 249 g/mol. The van der Waals surface area contributed by atoms with E-state index in [2.05, 4.69) is 53.2 Å². The van der Waals surface area contributed by atoms with Crippen molar-refractivity contribution in [3.63, 3.8) is 0 Å². The molecule has 4 heteroatoms. The summed E-state index contributed by atoms with van der Waals surface area (Å²) >= 11 is 1.79. The minimum atomic E-state index is 0.362. The molecular formula is C13H19N3S. The predicted octanol–water partition coefficient (Wildman–Crippen LogP) is 3.05. The molecule has 1 N–H and O–H groups in total. The number of imidazole rings is 1. The Balaban J connectivity index is 2.13. The van der Waals surface area contributed by atoms with Gasteiger partial charge in [-0.05, 0) is 18.4 Å². The van der Waals surface area contributed by atoms with E-state index in [1.54, 1.807) is 11.3 Å². The highest BCUT2D eigenvalue weighted by Gasteiger charge is 2.12. The molecule has 0 bridgehead atoms. The highest BCUT2D eigenvalue weighted by molar-refractivity contribution is 7.10. The lowest BCUT2D eigenvalue weighted by Gasteiger charge is -2.16. The maximum atomic E-state index is 4.26. The van der Waals surface area contributed by atoms with Crippen molar-refractivity contribution in [2.75, 3.05) is 0 Å².